The molecule has 0 radical (unpaired) electrons. The summed E-state index contributed by atoms with van der Waals surface area (Å²) in [7, 11) is 0. The highest BCUT2D eigenvalue weighted by Crippen LogP contribution is 2.15. The SMILES string of the molecule is Cc1ccc2c(c1)c(=O)n(CCc1ccccc1)c1n[nH]c(=S)n21. The molecule has 0 saturated heterocycles. The van der Waals surface area contributed by atoms with E-state index in [-0.39, 0.29) is 5.56 Å². The van der Waals surface area contributed by atoms with Crippen molar-refractivity contribution in [3.63, 3.8) is 0 Å². The highest BCUT2D eigenvalue weighted by molar-refractivity contribution is 7.71. The van der Waals surface area contributed by atoms with E-state index in [0.29, 0.717) is 22.5 Å². The van der Waals surface area contributed by atoms with E-state index < -0.39 is 0 Å². The number of nitrogens with one attached hydrogen (secondary N) is 1. The predicted octanol–water partition coefficient (Wildman–Crippen LogP) is 3.26. The van der Waals surface area contributed by atoms with E-state index in [4.69, 9.17) is 12.2 Å². The van der Waals surface area contributed by atoms with Crippen molar-refractivity contribution < 1.29 is 0 Å². The van der Waals surface area contributed by atoms with Crippen molar-refractivity contribution in [2.24, 2.45) is 0 Å². The molecule has 0 saturated carbocycles. The zero-order valence-electron chi connectivity index (χ0n) is 13.2. The molecule has 0 aliphatic rings. The van der Waals surface area contributed by atoms with Gasteiger partial charge in [0.1, 0.15) is 0 Å². The molecule has 2 heterocycles. The van der Waals surface area contributed by atoms with Crippen molar-refractivity contribution >= 4 is 28.9 Å². The average molecular weight is 336 g/mol. The largest absolute Gasteiger partial charge is 0.276 e. The maximum Gasteiger partial charge on any atom is 0.262 e. The number of aryl methyl sites for hydroxylation is 3. The minimum absolute atomic E-state index is 0.0360. The summed E-state index contributed by atoms with van der Waals surface area (Å²) in [5, 5.41) is 7.74. The van der Waals surface area contributed by atoms with Gasteiger partial charge in [-0.2, -0.15) is 0 Å². The second-order valence-electron chi connectivity index (χ2n) is 5.88. The Kier molecular flexibility index (Phi) is 3.54. The molecule has 0 bridgehead atoms. The molecular weight excluding hydrogens is 320 g/mol. The Labute approximate surface area is 143 Å². The van der Waals surface area contributed by atoms with E-state index in [1.54, 1.807) is 4.57 Å². The van der Waals surface area contributed by atoms with Crippen LogP contribution in [0.25, 0.3) is 16.7 Å². The van der Waals surface area contributed by atoms with Gasteiger partial charge in [-0.15, -0.1) is 5.10 Å². The number of H-pyrrole nitrogens is 1. The summed E-state index contributed by atoms with van der Waals surface area (Å²) in [5.41, 5.74) is 2.98. The van der Waals surface area contributed by atoms with Crippen molar-refractivity contribution in [3.05, 3.63) is 74.8 Å². The van der Waals surface area contributed by atoms with Crippen LogP contribution >= 0.6 is 12.2 Å². The predicted molar refractivity (Wildman–Crippen MR) is 97.0 cm³/mol. The van der Waals surface area contributed by atoms with E-state index in [2.05, 4.69) is 22.3 Å². The zero-order chi connectivity index (χ0) is 16.7. The van der Waals surface area contributed by atoms with Gasteiger partial charge in [-0.3, -0.25) is 13.8 Å². The second kappa shape index (κ2) is 5.72. The van der Waals surface area contributed by atoms with Gasteiger partial charge in [0.2, 0.25) is 10.5 Å². The van der Waals surface area contributed by atoms with Crippen molar-refractivity contribution in [3.8, 4) is 0 Å². The summed E-state index contributed by atoms with van der Waals surface area (Å²) in [4.78, 5) is 13.0. The molecule has 24 heavy (non-hydrogen) atoms. The van der Waals surface area contributed by atoms with Gasteiger partial charge in [-0.25, -0.2) is 5.10 Å². The molecule has 0 unspecified atom stereocenters. The van der Waals surface area contributed by atoms with E-state index in [0.717, 1.165) is 17.5 Å². The molecule has 2 aromatic carbocycles. The maximum atomic E-state index is 13.0. The molecule has 4 aromatic rings. The summed E-state index contributed by atoms with van der Waals surface area (Å²) >= 11 is 5.36. The first kappa shape index (κ1) is 14.8. The molecular formula is C18H16N4OS. The Morgan fingerprint density at radius 1 is 1.17 bits per heavy atom. The number of nitrogens with zero attached hydrogens (tertiary/aromatic N) is 3. The molecule has 5 nitrogen and oxygen atoms in total. The highest BCUT2D eigenvalue weighted by Gasteiger charge is 2.13. The lowest BCUT2D eigenvalue weighted by Crippen LogP contribution is -2.24. The van der Waals surface area contributed by atoms with Crippen LogP contribution in [0, 0.1) is 11.7 Å². The molecule has 1 N–H and O–H groups in total. The molecule has 0 aliphatic heterocycles. The smallest absolute Gasteiger partial charge is 0.262 e. The van der Waals surface area contributed by atoms with Gasteiger partial charge in [-0.1, -0.05) is 42.0 Å². The summed E-state index contributed by atoms with van der Waals surface area (Å²) in [6.45, 7) is 2.53. The Balaban J connectivity index is 1.94. The first-order chi connectivity index (χ1) is 11.6. The fourth-order valence-electron chi connectivity index (χ4n) is 3.03. The quantitative estimate of drug-likeness (QED) is 0.584. The van der Waals surface area contributed by atoms with Crippen molar-refractivity contribution in [2.75, 3.05) is 0 Å². The van der Waals surface area contributed by atoms with Crippen molar-refractivity contribution in [1.29, 1.82) is 0 Å². The van der Waals surface area contributed by atoms with Crippen molar-refractivity contribution in [1.82, 2.24) is 19.2 Å². The van der Waals surface area contributed by atoms with Gasteiger partial charge in [0.25, 0.3) is 5.56 Å². The Morgan fingerprint density at radius 2 is 1.96 bits per heavy atom. The van der Waals surface area contributed by atoms with Crippen LogP contribution in [0.5, 0.6) is 0 Å². The fourth-order valence-corrected chi connectivity index (χ4v) is 3.25. The first-order valence-electron chi connectivity index (χ1n) is 7.79. The summed E-state index contributed by atoms with van der Waals surface area (Å²) < 4.78 is 4.02. The van der Waals surface area contributed by atoms with E-state index in [1.165, 1.54) is 5.56 Å². The third kappa shape index (κ3) is 2.35. The average Bonchev–Trinajstić information content (AvgIpc) is 2.97. The number of aromatic nitrogens is 4. The molecule has 0 fully saturated rings. The summed E-state index contributed by atoms with van der Waals surface area (Å²) in [5.74, 6) is 0.553. The fraction of sp³-hybridized carbons (Fsp3) is 0.167. The number of aromatic amines is 1. The summed E-state index contributed by atoms with van der Waals surface area (Å²) in [6.07, 6.45) is 0.757. The lowest BCUT2D eigenvalue weighted by Gasteiger charge is -2.10. The molecule has 0 atom stereocenters. The number of benzene rings is 2. The van der Waals surface area contributed by atoms with Gasteiger partial charge in [-0.05, 0) is 43.3 Å². The standard InChI is InChI=1S/C18H16N4OS/c1-12-7-8-15-14(11-12)16(23)21(17-19-20-18(24)22(15)17)10-9-13-5-3-2-4-6-13/h2-8,11H,9-10H2,1H3,(H,20,24). The molecule has 2 aromatic heterocycles. The van der Waals surface area contributed by atoms with Gasteiger partial charge < -0.3 is 0 Å². The van der Waals surface area contributed by atoms with Crippen LogP contribution in [0.2, 0.25) is 0 Å². The topological polar surface area (TPSA) is 55.1 Å². The highest BCUT2D eigenvalue weighted by atomic mass is 32.1. The normalized spacial score (nSPS) is 11.4. The van der Waals surface area contributed by atoms with Gasteiger partial charge in [0, 0.05) is 6.54 Å². The van der Waals surface area contributed by atoms with Crippen LogP contribution < -0.4 is 5.56 Å². The molecule has 0 aliphatic carbocycles. The minimum Gasteiger partial charge on any atom is -0.276 e. The van der Waals surface area contributed by atoms with E-state index in [1.807, 2.05) is 47.7 Å². The monoisotopic (exact) mass is 336 g/mol. The van der Waals surface area contributed by atoms with Crippen LogP contribution in [0.15, 0.2) is 53.3 Å². The van der Waals surface area contributed by atoms with Crippen molar-refractivity contribution in [2.45, 2.75) is 19.9 Å². The second-order valence-corrected chi connectivity index (χ2v) is 6.26. The number of fused-ring (bicyclic) bond motifs is 3. The van der Waals surface area contributed by atoms with Gasteiger partial charge in [0.05, 0.1) is 10.9 Å². The minimum atomic E-state index is -0.0360. The van der Waals surface area contributed by atoms with Crippen LogP contribution in [-0.2, 0) is 13.0 Å². The molecule has 6 heteroatoms. The number of hydrogen-bond donors (Lipinski definition) is 1. The van der Waals surface area contributed by atoms with E-state index >= 15 is 0 Å². The first-order valence-corrected chi connectivity index (χ1v) is 8.20. The number of rotatable bonds is 3. The van der Waals surface area contributed by atoms with E-state index in [9.17, 15) is 4.79 Å². The van der Waals surface area contributed by atoms with Gasteiger partial charge >= 0.3 is 0 Å². The maximum absolute atomic E-state index is 13.0. The molecule has 120 valence electrons. The third-order valence-electron chi connectivity index (χ3n) is 4.23. The number of hydrogen-bond acceptors (Lipinski definition) is 3. The lowest BCUT2D eigenvalue weighted by molar-refractivity contribution is 0.678. The molecule has 0 spiro atoms. The Hall–Kier alpha value is -2.73. The van der Waals surface area contributed by atoms with Crippen LogP contribution in [0.1, 0.15) is 11.1 Å². The van der Waals surface area contributed by atoms with Crippen LogP contribution in [0.4, 0.5) is 0 Å². The molecule has 0 amide bonds. The lowest BCUT2D eigenvalue weighted by atomic mass is 10.1. The van der Waals surface area contributed by atoms with Crippen LogP contribution in [0.3, 0.4) is 0 Å². The Bertz CT molecular complexity index is 1150. The summed E-state index contributed by atoms with van der Waals surface area (Å²) in [6, 6.07) is 15.9. The third-order valence-corrected chi connectivity index (χ3v) is 4.51. The Morgan fingerprint density at radius 3 is 2.75 bits per heavy atom. The van der Waals surface area contributed by atoms with Crippen LogP contribution in [-0.4, -0.2) is 19.2 Å². The zero-order valence-corrected chi connectivity index (χ0v) is 14.0. The molecule has 4 rings (SSSR count). The van der Waals surface area contributed by atoms with Gasteiger partial charge in [0.15, 0.2) is 0 Å².